The van der Waals surface area contributed by atoms with Gasteiger partial charge in [-0.05, 0) is 30.3 Å². The number of rotatable bonds is 3. The smallest absolute Gasteiger partial charge is 0.229 e. The Balaban J connectivity index is 1.69. The second kappa shape index (κ2) is 6.38. The number of benzene rings is 2. The first kappa shape index (κ1) is 15.5. The first-order valence-corrected chi connectivity index (χ1v) is 7.54. The molecule has 0 spiro atoms. The van der Waals surface area contributed by atoms with Gasteiger partial charge in [-0.3, -0.25) is 9.59 Å². The van der Waals surface area contributed by atoms with Crippen molar-refractivity contribution in [2.75, 3.05) is 16.8 Å². The Kier molecular flexibility index (Phi) is 4.30. The second-order valence-corrected chi connectivity index (χ2v) is 5.77. The molecule has 23 heavy (non-hydrogen) atoms. The van der Waals surface area contributed by atoms with Crippen molar-refractivity contribution in [3.05, 3.63) is 59.4 Å². The van der Waals surface area contributed by atoms with E-state index in [0.29, 0.717) is 12.2 Å². The lowest BCUT2D eigenvalue weighted by molar-refractivity contribution is -0.122. The molecule has 0 saturated carbocycles. The van der Waals surface area contributed by atoms with E-state index in [-0.39, 0.29) is 23.3 Å². The number of carbonyl (C=O) groups is 2. The Morgan fingerprint density at radius 1 is 1.22 bits per heavy atom. The van der Waals surface area contributed by atoms with Crippen LogP contribution in [0.3, 0.4) is 0 Å². The number of anilines is 2. The van der Waals surface area contributed by atoms with E-state index in [0.717, 1.165) is 5.69 Å². The second-order valence-electron chi connectivity index (χ2n) is 5.36. The summed E-state index contributed by atoms with van der Waals surface area (Å²) in [6.07, 6.45) is 0.148. The summed E-state index contributed by atoms with van der Waals surface area (Å²) in [4.78, 5) is 26.0. The first-order valence-electron chi connectivity index (χ1n) is 7.16. The summed E-state index contributed by atoms with van der Waals surface area (Å²) in [5.74, 6) is -1.37. The Morgan fingerprint density at radius 2 is 1.96 bits per heavy atom. The predicted octanol–water partition coefficient (Wildman–Crippen LogP) is 3.47. The molecule has 2 aromatic rings. The zero-order valence-corrected chi connectivity index (χ0v) is 12.9. The van der Waals surface area contributed by atoms with Crippen molar-refractivity contribution in [2.45, 2.75) is 6.42 Å². The Hall–Kier alpha value is -2.40. The zero-order valence-electron chi connectivity index (χ0n) is 12.1. The Morgan fingerprint density at radius 3 is 2.65 bits per heavy atom. The van der Waals surface area contributed by atoms with Gasteiger partial charge in [-0.15, -0.1) is 0 Å². The van der Waals surface area contributed by atoms with Crippen LogP contribution in [-0.4, -0.2) is 18.4 Å². The lowest BCUT2D eigenvalue weighted by Crippen LogP contribution is -2.28. The molecule has 3 rings (SSSR count). The van der Waals surface area contributed by atoms with E-state index in [1.165, 1.54) is 18.2 Å². The van der Waals surface area contributed by atoms with Crippen molar-refractivity contribution in [2.24, 2.45) is 5.92 Å². The van der Waals surface area contributed by atoms with Gasteiger partial charge in [0, 0.05) is 24.3 Å². The number of nitrogens with one attached hydrogen (secondary N) is 1. The highest BCUT2D eigenvalue weighted by Crippen LogP contribution is 2.26. The summed E-state index contributed by atoms with van der Waals surface area (Å²) in [7, 11) is 0. The number of hydrogen-bond acceptors (Lipinski definition) is 2. The van der Waals surface area contributed by atoms with Gasteiger partial charge in [0.05, 0.1) is 10.9 Å². The van der Waals surface area contributed by atoms with Crippen LogP contribution in [0.4, 0.5) is 15.8 Å². The van der Waals surface area contributed by atoms with E-state index in [2.05, 4.69) is 5.32 Å². The molecule has 0 aromatic heterocycles. The van der Waals surface area contributed by atoms with Gasteiger partial charge < -0.3 is 10.2 Å². The van der Waals surface area contributed by atoms with Gasteiger partial charge in [-0.2, -0.15) is 0 Å². The SMILES string of the molecule is O=C(Nc1ccc(F)c(Cl)c1)[C@@H]1CC(=O)N(c2ccccc2)C1. The highest BCUT2D eigenvalue weighted by molar-refractivity contribution is 6.31. The fourth-order valence-electron chi connectivity index (χ4n) is 2.56. The highest BCUT2D eigenvalue weighted by atomic mass is 35.5. The zero-order chi connectivity index (χ0) is 16.4. The molecule has 4 nitrogen and oxygen atoms in total. The fraction of sp³-hybridized carbons (Fsp3) is 0.176. The molecule has 118 valence electrons. The molecular formula is C17H14ClFN2O2. The third-order valence-electron chi connectivity index (χ3n) is 3.75. The van der Waals surface area contributed by atoms with Gasteiger partial charge in [0.15, 0.2) is 0 Å². The maximum Gasteiger partial charge on any atom is 0.229 e. The number of amides is 2. The minimum absolute atomic E-state index is 0.0591. The topological polar surface area (TPSA) is 49.4 Å². The lowest BCUT2D eigenvalue weighted by Gasteiger charge is -2.16. The van der Waals surface area contributed by atoms with E-state index in [1.807, 2.05) is 30.3 Å². The molecule has 0 bridgehead atoms. The third-order valence-corrected chi connectivity index (χ3v) is 4.04. The molecule has 1 heterocycles. The monoisotopic (exact) mass is 332 g/mol. The summed E-state index contributed by atoms with van der Waals surface area (Å²) >= 11 is 5.69. The van der Waals surface area contributed by atoms with Crippen LogP contribution in [0.5, 0.6) is 0 Å². The molecule has 1 fully saturated rings. The molecule has 0 radical (unpaired) electrons. The standard InChI is InChI=1S/C17H14ClFN2O2/c18-14-9-12(6-7-15(14)19)20-17(23)11-8-16(22)21(10-11)13-4-2-1-3-5-13/h1-7,9,11H,8,10H2,(H,20,23)/t11-/m1/s1. The molecule has 0 aliphatic carbocycles. The van der Waals surface area contributed by atoms with Gasteiger partial charge in [-0.1, -0.05) is 29.8 Å². The van der Waals surface area contributed by atoms with Crippen molar-refractivity contribution < 1.29 is 14.0 Å². The van der Waals surface area contributed by atoms with Crippen LogP contribution in [-0.2, 0) is 9.59 Å². The molecule has 1 aliphatic rings. The average Bonchev–Trinajstić information content (AvgIpc) is 2.94. The van der Waals surface area contributed by atoms with Gasteiger partial charge in [-0.25, -0.2) is 4.39 Å². The summed E-state index contributed by atoms with van der Waals surface area (Å²) in [6, 6.07) is 13.2. The third kappa shape index (κ3) is 3.35. The molecule has 1 aliphatic heterocycles. The van der Waals surface area contributed by atoms with Crippen LogP contribution >= 0.6 is 11.6 Å². The van der Waals surface area contributed by atoms with E-state index < -0.39 is 11.7 Å². The Labute approximate surface area is 137 Å². The Bertz CT molecular complexity index is 752. The number of halogens is 2. The number of nitrogens with zero attached hydrogens (tertiary/aromatic N) is 1. The quantitative estimate of drug-likeness (QED) is 0.935. The molecule has 2 amide bonds. The van der Waals surface area contributed by atoms with E-state index in [1.54, 1.807) is 4.90 Å². The highest BCUT2D eigenvalue weighted by Gasteiger charge is 2.35. The molecule has 1 saturated heterocycles. The number of hydrogen-bond donors (Lipinski definition) is 1. The van der Waals surface area contributed by atoms with Crippen LogP contribution in [0.25, 0.3) is 0 Å². The minimum Gasteiger partial charge on any atom is -0.326 e. The molecule has 2 aromatic carbocycles. The summed E-state index contributed by atoms with van der Waals surface area (Å²) in [5, 5.41) is 2.62. The van der Waals surface area contributed by atoms with Crippen molar-refractivity contribution >= 4 is 34.8 Å². The summed E-state index contributed by atoms with van der Waals surface area (Å²) in [6.45, 7) is 0.323. The molecule has 1 atom stereocenters. The average molecular weight is 333 g/mol. The van der Waals surface area contributed by atoms with Crippen LogP contribution in [0.2, 0.25) is 5.02 Å². The van der Waals surface area contributed by atoms with Crippen molar-refractivity contribution in [3.63, 3.8) is 0 Å². The number of carbonyl (C=O) groups excluding carboxylic acids is 2. The molecule has 1 N–H and O–H groups in total. The van der Waals surface area contributed by atoms with Crippen LogP contribution in [0, 0.1) is 11.7 Å². The maximum absolute atomic E-state index is 13.1. The minimum atomic E-state index is -0.545. The lowest BCUT2D eigenvalue weighted by atomic mass is 10.1. The van der Waals surface area contributed by atoms with E-state index in [9.17, 15) is 14.0 Å². The number of para-hydroxylation sites is 1. The largest absolute Gasteiger partial charge is 0.326 e. The van der Waals surface area contributed by atoms with Gasteiger partial charge in [0.1, 0.15) is 5.82 Å². The summed E-state index contributed by atoms with van der Waals surface area (Å²) < 4.78 is 13.1. The van der Waals surface area contributed by atoms with Gasteiger partial charge >= 0.3 is 0 Å². The van der Waals surface area contributed by atoms with Crippen molar-refractivity contribution in [3.8, 4) is 0 Å². The summed E-state index contributed by atoms with van der Waals surface area (Å²) in [5.41, 5.74) is 1.18. The first-order chi connectivity index (χ1) is 11.0. The normalized spacial score (nSPS) is 17.4. The van der Waals surface area contributed by atoms with Crippen molar-refractivity contribution in [1.29, 1.82) is 0 Å². The van der Waals surface area contributed by atoms with Crippen LogP contribution < -0.4 is 10.2 Å². The predicted molar refractivity (Wildman–Crippen MR) is 86.9 cm³/mol. The molecule has 0 unspecified atom stereocenters. The van der Waals surface area contributed by atoms with E-state index in [4.69, 9.17) is 11.6 Å². The van der Waals surface area contributed by atoms with E-state index >= 15 is 0 Å². The van der Waals surface area contributed by atoms with Crippen LogP contribution in [0.1, 0.15) is 6.42 Å². The molecule has 6 heteroatoms. The van der Waals surface area contributed by atoms with Gasteiger partial charge in [0.25, 0.3) is 0 Å². The maximum atomic E-state index is 13.1. The van der Waals surface area contributed by atoms with Crippen LogP contribution in [0.15, 0.2) is 48.5 Å². The van der Waals surface area contributed by atoms with Crippen molar-refractivity contribution in [1.82, 2.24) is 0 Å². The van der Waals surface area contributed by atoms with Gasteiger partial charge in [0.2, 0.25) is 11.8 Å². The molecular weight excluding hydrogens is 319 g/mol. The fourth-order valence-corrected chi connectivity index (χ4v) is 2.74.